The molecule has 3 amide bonds. The molecule has 0 aliphatic carbocycles. The molecule has 1 aromatic carbocycles. The van der Waals surface area contributed by atoms with Gasteiger partial charge < -0.3 is 9.64 Å². The summed E-state index contributed by atoms with van der Waals surface area (Å²) in [5.74, 6) is 0.469. The molecule has 0 saturated carbocycles. The highest BCUT2D eigenvalue weighted by Gasteiger charge is 2.38. The third-order valence-corrected chi connectivity index (χ3v) is 5.95. The van der Waals surface area contributed by atoms with Crippen molar-refractivity contribution in [2.45, 2.75) is 57.3 Å². The summed E-state index contributed by atoms with van der Waals surface area (Å²) in [6.45, 7) is 4.26. The van der Waals surface area contributed by atoms with Crippen molar-refractivity contribution in [3.8, 4) is 5.75 Å². The van der Waals surface area contributed by atoms with Gasteiger partial charge in [-0.1, -0.05) is 6.07 Å². The maximum Gasteiger partial charge on any atom is 0.243 e. The number of piperidine rings is 2. The monoisotopic (exact) mass is 371 g/mol. The van der Waals surface area contributed by atoms with E-state index in [1.807, 2.05) is 6.07 Å². The minimum atomic E-state index is -0.262. The number of amides is 3. The minimum Gasteiger partial charge on any atom is -0.490 e. The fourth-order valence-corrected chi connectivity index (χ4v) is 4.38. The molecule has 2 atom stereocenters. The molecular weight excluding hydrogens is 346 g/mol. The topological polar surface area (TPSA) is 79.0 Å². The Morgan fingerprint density at radius 2 is 1.96 bits per heavy atom. The molecule has 144 valence electrons. The van der Waals surface area contributed by atoms with Crippen molar-refractivity contribution in [3.05, 3.63) is 29.3 Å². The normalized spacial score (nSPS) is 26.6. The van der Waals surface area contributed by atoms with E-state index in [9.17, 15) is 14.4 Å². The Morgan fingerprint density at radius 3 is 2.67 bits per heavy atom. The number of imide groups is 1. The van der Waals surface area contributed by atoms with Crippen molar-refractivity contribution < 1.29 is 19.1 Å². The van der Waals surface area contributed by atoms with Crippen LogP contribution in [-0.2, 0) is 20.9 Å². The summed E-state index contributed by atoms with van der Waals surface area (Å²) < 4.78 is 6.14. The smallest absolute Gasteiger partial charge is 0.243 e. The molecule has 4 rings (SSSR count). The van der Waals surface area contributed by atoms with Crippen molar-refractivity contribution >= 4 is 18.2 Å². The Kier molecular flexibility index (Phi) is 4.86. The van der Waals surface area contributed by atoms with Crippen molar-refractivity contribution in [2.75, 3.05) is 13.1 Å². The number of benzene rings is 1. The molecule has 2 saturated heterocycles. The van der Waals surface area contributed by atoms with Crippen LogP contribution in [0.2, 0.25) is 0 Å². The van der Waals surface area contributed by atoms with Gasteiger partial charge in [-0.2, -0.15) is 0 Å². The van der Waals surface area contributed by atoms with Crippen molar-refractivity contribution in [1.82, 2.24) is 15.1 Å². The molecule has 1 aromatic rings. The van der Waals surface area contributed by atoms with Gasteiger partial charge in [-0.3, -0.25) is 24.6 Å². The first kappa shape index (κ1) is 18.0. The van der Waals surface area contributed by atoms with Crippen LogP contribution in [0.5, 0.6) is 5.75 Å². The molecule has 3 aliphatic heterocycles. The van der Waals surface area contributed by atoms with Gasteiger partial charge in [0.2, 0.25) is 18.2 Å². The zero-order valence-electron chi connectivity index (χ0n) is 15.5. The second kappa shape index (κ2) is 7.31. The fourth-order valence-electron chi connectivity index (χ4n) is 4.38. The third kappa shape index (κ3) is 3.56. The van der Waals surface area contributed by atoms with E-state index in [1.54, 1.807) is 4.90 Å². The zero-order valence-corrected chi connectivity index (χ0v) is 15.5. The van der Waals surface area contributed by atoms with Gasteiger partial charge in [-0.25, -0.2) is 0 Å². The SMILES string of the molecule is CC1c2ccc(OC3CCN(C=O)CC3)cc2CN1C1CCC(=O)NC1=O. The lowest BCUT2D eigenvalue weighted by molar-refractivity contribution is -0.138. The molecule has 1 N–H and O–H groups in total. The Morgan fingerprint density at radius 1 is 1.19 bits per heavy atom. The maximum atomic E-state index is 12.2. The van der Waals surface area contributed by atoms with Gasteiger partial charge in [0.25, 0.3) is 0 Å². The number of hydrogen-bond acceptors (Lipinski definition) is 5. The summed E-state index contributed by atoms with van der Waals surface area (Å²) in [5, 5.41) is 2.45. The van der Waals surface area contributed by atoms with Crippen LogP contribution in [0, 0.1) is 0 Å². The first-order valence-electron chi connectivity index (χ1n) is 9.63. The fraction of sp³-hybridized carbons (Fsp3) is 0.550. The molecule has 3 heterocycles. The van der Waals surface area contributed by atoms with E-state index in [0.29, 0.717) is 19.4 Å². The van der Waals surface area contributed by atoms with Gasteiger partial charge in [-0.05, 0) is 36.6 Å². The highest BCUT2D eigenvalue weighted by Crippen LogP contribution is 2.38. The summed E-state index contributed by atoms with van der Waals surface area (Å²) in [6, 6.07) is 6.03. The van der Waals surface area contributed by atoms with Crippen LogP contribution in [0.25, 0.3) is 0 Å². The number of likely N-dealkylation sites (tertiary alicyclic amines) is 1. The molecule has 7 heteroatoms. The lowest BCUT2D eigenvalue weighted by Crippen LogP contribution is -2.51. The second-order valence-corrected chi connectivity index (χ2v) is 7.63. The average Bonchev–Trinajstić information content (AvgIpc) is 2.98. The van der Waals surface area contributed by atoms with E-state index in [-0.39, 0.29) is 30.0 Å². The largest absolute Gasteiger partial charge is 0.490 e. The van der Waals surface area contributed by atoms with Gasteiger partial charge in [0.15, 0.2) is 0 Å². The Bertz CT molecular complexity index is 758. The van der Waals surface area contributed by atoms with Gasteiger partial charge in [0.05, 0.1) is 6.04 Å². The lowest BCUT2D eigenvalue weighted by Gasteiger charge is -2.32. The average molecular weight is 371 g/mol. The van der Waals surface area contributed by atoms with Gasteiger partial charge in [0, 0.05) is 44.9 Å². The van der Waals surface area contributed by atoms with E-state index in [2.05, 4.69) is 29.3 Å². The number of fused-ring (bicyclic) bond motifs is 1. The maximum absolute atomic E-state index is 12.2. The standard InChI is InChI=1S/C20H25N3O4/c1-13-17-3-2-16(27-15-6-8-22(12-24)9-7-15)10-14(17)11-23(13)18-4-5-19(25)21-20(18)26/h2-3,10,12-13,15,18H,4-9,11H2,1H3,(H,21,25,26). The van der Waals surface area contributed by atoms with E-state index < -0.39 is 0 Å². The summed E-state index contributed by atoms with van der Waals surface area (Å²) >= 11 is 0. The molecule has 27 heavy (non-hydrogen) atoms. The number of nitrogens with zero attached hydrogens (tertiary/aromatic N) is 2. The highest BCUT2D eigenvalue weighted by molar-refractivity contribution is 6.00. The van der Waals surface area contributed by atoms with Crippen LogP contribution < -0.4 is 10.1 Å². The van der Waals surface area contributed by atoms with Crippen molar-refractivity contribution in [1.29, 1.82) is 0 Å². The quantitative estimate of drug-likeness (QED) is 0.639. The molecule has 0 spiro atoms. The van der Waals surface area contributed by atoms with E-state index >= 15 is 0 Å². The number of ether oxygens (including phenoxy) is 1. The van der Waals surface area contributed by atoms with Gasteiger partial charge in [0.1, 0.15) is 11.9 Å². The Hall–Kier alpha value is -2.41. The number of nitrogens with one attached hydrogen (secondary N) is 1. The van der Waals surface area contributed by atoms with E-state index in [0.717, 1.165) is 38.1 Å². The number of hydrogen-bond donors (Lipinski definition) is 1. The first-order valence-corrected chi connectivity index (χ1v) is 9.63. The van der Waals surface area contributed by atoms with Crippen LogP contribution in [0.3, 0.4) is 0 Å². The Labute approximate surface area is 158 Å². The number of rotatable bonds is 4. The molecule has 0 bridgehead atoms. The molecule has 3 aliphatic rings. The van der Waals surface area contributed by atoms with Gasteiger partial charge in [-0.15, -0.1) is 0 Å². The number of carbonyl (C=O) groups excluding carboxylic acids is 3. The van der Waals surface area contributed by atoms with Crippen LogP contribution in [0.15, 0.2) is 18.2 Å². The van der Waals surface area contributed by atoms with E-state index in [1.165, 1.54) is 11.1 Å². The molecule has 2 fully saturated rings. The molecular formula is C20H25N3O4. The lowest BCUT2D eigenvalue weighted by atomic mass is 10.0. The minimum absolute atomic E-state index is 0.129. The Balaban J connectivity index is 1.43. The summed E-state index contributed by atoms with van der Waals surface area (Å²) in [5.41, 5.74) is 2.39. The second-order valence-electron chi connectivity index (χ2n) is 7.63. The van der Waals surface area contributed by atoms with Crippen molar-refractivity contribution in [3.63, 3.8) is 0 Å². The van der Waals surface area contributed by atoms with Crippen LogP contribution in [-0.4, -0.2) is 53.3 Å². The third-order valence-electron chi connectivity index (χ3n) is 5.95. The first-order chi connectivity index (χ1) is 13.0. The van der Waals surface area contributed by atoms with Gasteiger partial charge >= 0.3 is 0 Å². The zero-order chi connectivity index (χ0) is 19.0. The molecule has 7 nitrogen and oxygen atoms in total. The van der Waals surface area contributed by atoms with Crippen LogP contribution >= 0.6 is 0 Å². The predicted molar refractivity (Wildman–Crippen MR) is 97.9 cm³/mol. The molecule has 0 radical (unpaired) electrons. The predicted octanol–water partition coefficient (Wildman–Crippen LogP) is 1.37. The van der Waals surface area contributed by atoms with Crippen LogP contribution in [0.1, 0.15) is 49.8 Å². The van der Waals surface area contributed by atoms with Crippen LogP contribution in [0.4, 0.5) is 0 Å². The summed E-state index contributed by atoms with van der Waals surface area (Å²) in [4.78, 5) is 38.4. The molecule has 0 aromatic heterocycles. The van der Waals surface area contributed by atoms with Crippen molar-refractivity contribution in [2.24, 2.45) is 0 Å². The summed E-state index contributed by atoms with van der Waals surface area (Å²) in [7, 11) is 0. The number of carbonyl (C=O) groups is 3. The molecule has 2 unspecified atom stereocenters. The van der Waals surface area contributed by atoms with E-state index in [4.69, 9.17) is 4.74 Å². The summed E-state index contributed by atoms with van der Waals surface area (Å²) in [6.07, 6.45) is 3.68. The highest BCUT2D eigenvalue weighted by atomic mass is 16.5.